The molecule has 1 aromatic heterocycles. The number of unbranched alkanes of at least 4 members (excludes halogenated alkanes) is 1. The number of halogens is 2. The van der Waals surface area contributed by atoms with E-state index >= 15 is 0 Å². The zero-order chi connectivity index (χ0) is 18.6. The van der Waals surface area contributed by atoms with E-state index in [-0.39, 0.29) is 24.0 Å². The smallest absolute Gasteiger partial charge is 0.246 e. The number of nitrogens with one attached hydrogen (secondary N) is 2. The monoisotopic (exact) mass is 507 g/mol. The summed E-state index contributed by atoms with van der Waals surface area (Å²) in [5.41, 5.74) is 0.856. The number of aromatic nitrogens is 2. The van der Waals surface area contributed by atoms with Crippen LogP contribution in [0.25, 0.3) is 11.4 Å². The van der Waals surface area contributed by atoms with Gasteiger partial charge in [0.15, 0.2) is 5.96 Å². The van der Waals surface area contributed by atoms with Gasteiger partial charge in [-0.15, -0.1) is 24.0 Å². The maximum atomic E-state index is 5.89. The van der Waals surface area contributed by atoms with Crippen LogP contribution >= 0.6 is 35.6 Å². The Hall–Kier alpha value is -1.39. The van der Waals surface area contributed by atoms with Crippen molar-refractivity contribution < 1.29 is 9.26 Å². The number of aliphatic imine (C=N–C) groups is 1. The molecule has 0 amide bonds. The van der Waals surface area contributed by atoms with Gasteiger partial charge in [0.25, 0.3) is 0 Å². The Kier molecular flexibility index (Phi) is 12.0. The average Bonchev–Trinajstić information content (AvgIpc) is 3.13. The van der Waals surface area contributed by atoms with E-state index in [1.807, 2.05) is 12.1 Å². The van der Waals surface area contributed by atoms with E-state index in [1.165, 1.54) is 0 Å². The lowest BCUT2D eigenvalue weighted by atomic mass is 10.2. The van der Waals surface area contributed by atoms with Crippen LogP contribution in [0.4, 0.5) is 0 Å². The number of benzene rings is 1. The van der Waals surface area contributed by atoms with Gasteiger partial charge in [0.2, 0.25) is 11.7 Å². The Balaban J connectivity index is 0.00000364. The molecule has 0 atom stereocenters. The highest BCUT2D eigenvalue weighted by Gasteiger charge is 2.09. The molecule has 0 spiro atoms. The summed E-state index contributed by atoms with van der Waals surface area (Å²) in [7, 11) is 1.72. The number of nitrogens with zero attached hydrogens (tertiary/aromatic N) is 3. The van der Waals surface area contributed by atoms with Gasteiger partial charge >= 0.3 is 0 Å². The van der Waals surface area contributed by atoms with Crippen LogP contribution in [0, 0.1) is 0 Å². The molecule has 0 unspecified atom stereocenters. The highest BCUT2D eigenvalue weighted by atomic mass is 127. The lowest BCUT2D eigenvalue weighted by Crippen LogP contribution is -2.37. The molecular formula is C18H27ClIN5O2. The van der Waals surface area contributed by atoms with E-state index in [2.05, 4.69) is 32.7 Å². The first-order valence-electron chi connectivity index (χ1n) is 8.83. The van der Waals surface area contributed by atoms with Crippen LogP contribution in [-0.2, 0) is 11.3 Å². The number of guanidine groups is 1. The van der Waals surface area contributed by atoms with Gasteiger partial charge in [-0.2, -0.15) is 4.98 Å². The van der Waals surface area contributed by atoms with Crippen molar-refractivity contribution in [3.05, 3.63) is 35.2 Å². The molecule has 27 heavy (non-hydrogen) atoms. The van der Waals surface area contributed by atoms with E-state index in [9.17, 15) is 0 Å². The Morgan fingerprint density at radius 1 is 1.19 bits per heavy atom. The predicted octanol–water partition coefficient (Wildman–Crippen LogP) is 3.88. The molecule has 150 valence electrons. The van der Waals surface area contributed by atoms with Gasteiger partial charge < -0.3 is 19.9 Å². The van der Waals surface area contributed by atoms with Crippen LogP contribution in [0.2, 0.25) is 5.02 Å². The third kappa shape index (κ3) is 8.89. The summed E-state index contributed by atoms with van der Waals surface area (Å²) in [6.45, 7) is 4.91. The second kappa shape index (κ2) is 13.7. The molecule has 2 N–H and O–H groups in total. The Morgan fingerprint density at radius 3 is 2.63 bits per heavy atom. The highest BCUT2D eigenvalue weighted by molar-refractivity contribution is 14.0. The van der Waals surface area contributed by atoms with Gasteiger partial charge in [-0.3, -0.25) is 4.99 Å². The minimum absolute atomic E-state index is 0. The fraction of sp³-hybridized carbons (Fsp3) is 0.500. The SMILES string of the molecule is CCCCOCCCNC(=NC)NCc1nc(-c2ccc(Cl)cc2)no1.I. The fourth-order valence-corrected chi connectivity index (χ4v) is 2.28. The Labute approximate surface area is 182 Å². The summed E-state index contributed by atoms with van der Waals surface area (Å²) >= 11 is 5.89. The number of hydrogen-bond donors (Lipinski definition) is 2. The molecule has 0 radical (unpaired) electrons. The normalized spacial score (nSPS) is 11.1. The van der Waals surface area contributed by atoms with Crippen molar-refractivity contribution in [3.63, 3.8) is 0 Å². The molecule has 9 heteroatoms. The summed E-state index contributed by atoms with van der Waals surface area (Å²) in [4.78, 5) is 8.54. The first-order valence-corrected chi connectivity index (χ1v) is 9.21. The van der Waals surface area contributed by atoms with Crippen LogP contribution in [0.3, 0.4) is 0 Å². The van der Waals surface area contributed by atoms with Crippen molar-refractivity contribution in [2.75, 3.05) is 26.8 Å². The molecular weight excluding hydrogens is 481 g/mol. The summed E-state index contributed by atoms with van der Waals surface area (Å²) in [6.07, 6.45) is 3.19. The maximum absolute atomic E-state index is 5.89. The standard InChI is InChI=1S/C18H26ClN5O2.HI/c1-3-4-11-25-12-5-10-21-18(20-2)22-13-16-23-17(24-26-16)14-6-8-15(19)9-7-14;/h6-9H,3-5,10-13H2,1-2H3,(H2,20,21,22);1H. The second-order valence-corrected chi connectivity index (χ2v) is 6.13. The zero-order valence-corrected chi connectivity index (χ0v) is 18.8. The highest BCUT2D eigenvalue weighted by Crippen LogP contribution is 2.18. The molecule has 2 aromatic rings. The molecule has 2 rings (SSSR count). The average molecular weight is 508 g/mol. The molecule has 0 saturated heterocycles. The number of rotatable bonds is 10. The molecule has 0 aliphatic heterocycles. The molecule has 1 heterocycles. The summed E-state index contributed by atoms with van der Waals surface area (Å²) < 4.78 is 10.8. The van der Waals surface area contributed by atoms with E-state index in [1.54, 1.807) is 19.2 Å². The summed E-state index contributed by atoms with van der Waals surface area (Å²) in [5, 5.41) is 11.0. The zero-order valence-electron chi connectivity index (χ0n) is 15.7. The van der Waals surface area contributed by atoms with E-state index in [4.69, 9.17) is 20.9 Å². The molecule has 0 fully saturated rings. The van der Waals surface area contributed by atoms with Crippen LogP contribution in [0.1, 0.15) is 32.1 Å². The Morgan fingerprint density at radius 2 is 1.93 bits per heavy atom. The van der Waals surface area contributed by atoms with Crippen molar-refractivity contribution in [1.29, 1.82) is 0 Å². The molecule has 0 aliphatic carbocycles. The van der Waals surface area contributed by atoms with Gasteiger partial charge in [-0.25, -0.2) is 0 Å². The summed E-state index contributed by atoms with van der Waals surface area (Å²) in [6, 6.07) is 7.30. The van der Waals surface area contributed by atoms with Gasteiger partial charge in [-0.05, 0) is 37.1 Å². The first-order chi connectivity index (χ1) is 12.7. The van der Waals surface area contributed by atoms with Crippen LogP contribution in [0.5, 0.6) is 0 Å². The van der Waals surface area contributed by atoms with Gasteiger partial charge in [0.1, 0.15) is 0 Å². The van der Waals surface area contributed by atoms with Gasteiger partial charge in [-0.1, -0.05) is 30.1 Å². The van der Waals surface area contributed by atoms with Gasteiger partial charge in [0.05, 0.1) is 6.54 Å². The lowest BCUT2D eigenvalue weighted by Gasteiger charge is -2.10. The minimum Gasteiger partial charge on any atom is -0.381 e. The molecule has 0 bridgehead atoms. The predicted molar refractivity (Wildman–Crippen MR) is 119 cm³/mol. The fourth-order valence-electron chi connectivity index (χ4n) is 2.15. The summed E-state index contributed by atoms with van der Waals surface area (Å²) in [5.74, 6) is 1.70. The largest absolute Gasteiger partial charge is 0.381 e. The minimum atomic E-state index is 0. The van der Waals surface area contributed by atoms with E-state index in [0.717, 1.165) is 44.6 Å². The van der Waals surface area contributed by atoms with Crippen molar-refractivity contribution in [3.8, 4) is 11.4 Å². The van der Waals surface area contributed by atoms with Crippen LogP contribution in [0.15, 0.2) is 33.8 Å². The quantitative estimate of drug-likeness (QED) is 0.220. The van der Waals surface area contributed by atoms with E-state index in [0.29, 0.717) is 29.2 Å². The number of ether oxygens (including phenoxy) is 1. The molecule has 1 aromatic carbocycles. The van der Waals surface area contributed by atoms with Crippen LogP contribution < -0.4 is 10.6 Å². The molecule has 7 nitrogen and oxygen atoms in total. The van der Waals surface area contributed by atoms with E-state index < -0.39 is 0 Å². The van der Waals surface area contributed by atoms with Crippen molar-refractivity contribution >= 4 is 41.5 Å². The topological polar surface area (TPSA) is 84.6 Å². The first kappa shape index (κ1) is 23.6. The molecule has 0 aliphatic rings. The second-order valence-electron chi connectivity index (χ2n) is 5.69. The van der Waals surface area contributed by atoms with Crippen LogP contribution in [-0.4, -0.2) is 42.9 Å². The third-order valence-corrected chi connectivity index (χ3v) is 3.85. The maximum Gasteiger partial charge on any atom is 0.246 e. The molecule has 0 saturated carbocycles. The Bertz CT molecular complexity index is 679. The van der Waals surface area contributed by atoms with Gasteiger partial charge in [0, 0.05) is 37.4 Å². The van der Waals surface area contributed by atoms with Crippen molar-refractivity contribution in [2.45, 2.75) is 32.7 Å². The third-order valence-electron chi connectivity index (χ3n) is 3.60. The van der Waals surface area contributed by atoms with Crippen molar-refractivity contribution in [1.82, 2.24) is 20.8 Å². The van der Waals surface area contributed by atoms with Crippen molar-refractivity contribution in [2.24, 2.45) is 4.99 Å². The lowest BCUT2D eigenvalue weighted by molar-refractivity contribution is 0.129. The number of hydrogen-bond acceptors (Lipinski definition) is 5.